The molecule has 0 saturated carbocycles. The first-order chi connectivity index (χ1) is 12.8. The third-order valence-corrected chi connectivity index (χ3v) is 6.52. The number of rotatable bonds is 5. The molecular formula is C20H24N2O4S. The van der Waals surface area contributed by atoms with Crippen LogP contribution in [-0.4, -0.2) is 38.9 Å². The first-order valence-corrected chi connectivity index (χ1v) is 10.3. The van der Waals surface area contributed by atoms with Crippen LogP contribution in [0.1, 0.15) is 23.6 Å². The Bertz CT molecular complexity index is 956. The van der Waals surface area contributed by atoms with Crippen LogP contribution >= 0.6 is 0 Å². The van der Waals surface area contributed by atoms with E-state index < -0.39 is 16.1 Å². The molecular weight excluding hydrogens is 364 g/mol. The lowest BCUT2D eigenvalue weighted by molar-refractivity contribution is -0.133. The van der Waals surface area contributed by atoms with E-state index in [2.05, 4.69) is 10.8 Å². The van der Waals surface area contributed by atoms with Crippen LogP contribution in [0.15, 0.2) is 47.4 Å². The Kier molecular flexibility index (Phi) is 5.53. The molecule has 3 rings (SSSR count). The van der Waals surface area contributed by atoms with Crippen LogP contribution in [0.4, 0.5) is 0 Å². The Labute approximate surface area is 160 Å². The van der Waals surface area contributed by atoms with Crippen molar-refractivity contribution in [3.05, 3.63) is 59.2 Å². The van der Waals surface area contributed by atoms with E-state index >= 15 is 0 Å². The summed E-state index contributed by atoms with van der Waals surface area (Å²) in [6.07, 6.45) is 0.777. The molecule has 1 amide bonds. The highest BCUT2D eigenvalue weighted by atomic mass is 32.2. The lowest BCUT2D eigenvalue weighted by Gasteiger charge is -2.31. The Balaban J connectivity index is 1.73. The molecule has 2 aromatic carbocycles. The zero-order valence-electron chi connectivity index (χ0n) is 15.7. The second-order valence-corrected chi connectivity index (χ2v) is 8.44. The molecule has 6 nitrogen and oxygen atoms in total. The summed E-state index contributed by atoms with van der Waals surface area (Å²) in [5, 5.41) is 0. The summed E-state index contributed by atoms with van der Waals surface area (Å²) < 4.78 is 33.1. The van der Waals surface area contributed by atoms with Crippen molar-refractivity contribution in [1.29, 1.82) is 0 Å². The number of ether oxygens (including phenoxy) is 1. The van der Waals surface area contributed by atoms with Crippen molar-refractivity contribution in [3.63, 3.8) is 0 Å². The monoisotopic (exact) mass is 388 g/mol. The van der Waals surface area contributed by atoms with Gasteiger partial charge in [0.1, 0.15) is 5.75 Å². The van der Waals surface area contributed by atoms with Gasteiger partial charge in [0.2, 0.25) is 15.9 Å². The Hall–Kier alpha value is -2.38. The quantitative estimate of drug-likeness (QED) is 0.852. The van der Waals surface area contributed by atoms with Crippen molar-refractivity contribution in [2.24, 2.45) is 0 Å². The van der Waals surface area contributed by atoms with E-state index in [1.165, 1.54) is 18.7 Å². The molecule has 1 aliphatic heterocycles. The van der Waals surface area contributed by atoms with E-state index in [0.717, 1.165) is 12.0 Å². The predicted molar refractivity (Wildman–Crippen MR) is 103 cm³/mol. The molecule has 7 heteroatoms. The van der Waals surface area contributed by atoms with Crippen LogP contribution in [0.3, 0.4) is 0 Å². The largest absolute Gasteiger partial charge is 0.497 e. The number of hydrogen-bond donors (Lipinski definition) is 1. The van der Waals surface area contributed by atoms with Crippen molar-refractivity contribution in [2.75, 3.05) is 13.7 Å². The molecule has 0 fully saturated rings. The first kappa shape index (κ1) is 19.4. The molecule has 1 N–H and O–H groups in total. The topological polar surface area (TPSA) is 75.7 Å². The Morgan fingerprint density at radius 1 is 1.19 bits per heavy atom. The second-order valence-electron chi connectivity index (χ2n) is 6.75. The van der Waals surface area contributed by atoms with Gasteiger partial charge in [0.05, 0.1) is 18.0 Å². The summed E-state index contributed by atoms with van der Waals surface area (Å²) in [5.41, 5.74) is 2.91. The number of sulfonamides is 1. The summed E-state index contributed by atoms with van der Waals surface area (Å²) in [7, 11) is -2.29. The maximum absolute atomic E-state index is 12.8. The van der Waals surface area contributed by atoms with Gasteiger partial charge in [-0.25, -0.2) is 8.42 Å². The highest BCUT2D eigenvalue weighted by Crippen LogP contribution is 2.22. The summed E-state index contributed by atoms with van der Waals surface area (Å²) in [5.74, 6) is 0.363. The number of benzene rings is 2. The van der Waals surface area contributed by atoms with E-state index in [9.17, 15) is 13.2 Å². The third-order valence-electron chi connectivity index (χ3n) is 4.82. The van der Waals surface area contributed by atoms with E-state index in [4.69, 9.17) is 4.74 Å². The number of methoxy groups -OCH3 is 1. The zero-order chi connectivity index (χ0) is 19.6. The van der Waals surface area contributed by atoms with E-state index in [0.29, 0.717) is 24.4 Å². The highest BCUT2D eigenvalue weighted by Gasteiger charge is 2.28. The third kappa shape index (κ3) is 4.14. The van der Waals surface area contributed by atoms with Crippen molar-refractivity contribution in [2.45, 2.75) is 37.8 Å². The molecule has 0 spiro atoms. The number of amides is 1. The number of fused-ring (bicyclic) bond motifs is 1. The number of nitrogens with zero attached hydrogens (tertiary/aromatic N) is 1. The zero-order valence-corrected chi connectivity index (χ0v) is 16.5. The fourth-order valence-corrected chi connectivity index (χ4v) is 4.78. The van der Waals surface area contributed by atoms with Crippen LogP contribution in [0, 0.1) is 6.92 Å². The van der Waals surface area contributed by atoms with Crippen molar-refractivity contribution < 1.29 is 17.9 Å². The number of nitrogens with one attached hydrogen (secondary N) is 1. The van der Waals surface area contributed by atoms with E-state index in [1.807, 2.05) is 18.2 Å². The van der Waals surface area contributed by atoms with Crippen LogP contribution < -0.4 is 9.46 Å². The van der Waals surface area contributed by atoms with Gasteiger partial charge in [0.15, 0.2) is 0 Å². The molecule has 144 valence electrons. The summed E-state index contributed by atoms with van der Waals surface area (Å²) >= 11 is 0. The van der Waals surface area contributed by atoms with Gasteiger partial charge in [-0.2, -0.15) is 4.72 Å². The smallest absolute Gasteiger partial charge is 0.241 e. The highest BCUT2D eigenvalue weighted by molar-refractivity contribution is 7.89. The van der Waals surface area contributed by atoms with Gasteiger partial charge in [0, 0.05) is 13.1 Å². The molecule has 0 bridgehead atoms. The fraction of sp³-hybridized carbons (Fsp3) is 0.350. The van der Waals surface area contributed by atoms with Crippen molar-refractivity contribution in [3.8, 4) is 5.75 Å². The standard InChI is InChI=1S/C20H24N2O4S/c1-14-12-18(26-3)8-9-19(14)27(24,25)21-15(2)20(23)22-11-10-16-6-4-5-7-17(16)13-22/h4-9,12,15,21H,10-11,13H2,1-3H3/t15-/m0/s1. The summed E-state index contributed by atoms with van der Waals surface area (Å²) in [6, 6.07) is 11.9. The number of aryl methyl sites for hydroxylation is 1. The number of carbonyl (C=O) groups is 1. The lowest BCUT2D eigenvalue weighted by atomic mass is 9.99. The molecule has 1 aliphatic rings. The van der Waals surface area contributed by atoms with Crippen molar-refractivity contribution in [1.82, 2.24) is 9.62 Å². The SMILES string of the molecule is COc1ccc(S(=O)(=O)N[C@@H](C)C(=O)N2CCc3ccccc3C2)c(C)c1. The molecule has 27 heavy (non-hydrogen) atoms. The lowest BCUT2D eigenvalue weighted by Crippen LogP contribution is -2.48. The number of carbonyl (C=O) groups excluding carboxylic acids is 1. The maximum atomic E-state index is 12.8. The molecule has 1 heterocycles. The summed E-state index contributed by atoms with van der Waals surface area (Å²) in [4.78, 5) is 14.6. The minimum absolute atomic E-state index is 0.145. The summed E-state index contributed by atoms with van der Waals surface area (Å²) in [6.45, 7) is 4.37. The average molecular weight is 388 g/mol. The molecule has 0 saturated heterocycles. The van der Waals surface area contributed by atoms with Crippen LogP contribution in [0.2, 0.25) is 0 Å². The normalized spacial score (nSPS) is 15.1. The minimum atomic E-state index is -3.81. The molecule has 1 atom stereocenters. The molecule has 0 aliphatic carbocycles. The van der Waals surface area contributed by atoms with Crippen LogP contribution in [0.25, 0.3) is 0 Å². The fourth-order valence-electron chi connectivity index (χ4n) is 3.35. The predicted octanol–water partition coefficient (Wildman–Crippen LogP) is 2.26. The second kappa shape index (κ2) is 7.70. The van der Waals surface area contributed by atoms with Gasteiger partial charge in [-0.05, 0) is 55.2 Å². The molecule has 0 unspecified atom stereocenters. The minimum Gasteiger partial charge on any atom is -0.497 e. The Morgan fingerprint density at radius 2 is 1.89 bits per heavy atom. The number of hydrogen-bond acceptors (Lipinski definition) is 4. The maximum Gasteiger partial charge on any atom is 0.241 e. The molecule has 0 aromatic heterocycles. The van der Waals surface area contributed by atoms with E-state index in [-0.39, 0.29) is 10.8 Å². The van der Waals surface area contributed by atoms with Gasteiger partial charge in [-0.1, -0.05) is 24.3 Å². The van der Waals surface area contributed by atoms with Gasteiger partial charge in [-0.15, -0.1) is 0 Å². The van der Waals surface area contributed by atoms with E-state index in [1.54, 1.807) is 30.9 Å². The van der Waals surface area contributed by atoms with Crippen LogP contribution in [0.5, 0.6) is 5.75 Å². The van der Waals surface area contributed by atoms with Gasteiger partial charge in [0.25, 0.3) is 0 Å². The van der Waals surface area contributed by atoms with Crippen LogP contribution in [-0.2, 0) is 27.8 Å². The molecule has 2 aromatic rings. The van der Waals surface area contributed by atoms with Crippen molar-refractivity contribution >= 4 is 15.9 Å². The Morgan fingerprint density at radius 3 is 2.56 bits per heavy atom. The average Bonchev–Trinajstić information content (AvgIpc) is 2.66. The first-order valence-electron chi connectivity index (χ1n) is 8.84. The van der Waals surface area contributed by atoms with Gasteiger partial charge < -0.3 is 9.64 Å². The van der Waals surface area contributed by atoms with Gasteiger partial charge in [-0.3, -0.25) is 4.79 Å². The molecule has 0 radical (unpaired) electrons. The van der Waals surface area contributed by atoms with Gasteiger partial charge >= 0.3 is 0 Å².